The van der Waals surface area contributed by atoms with Crippen LogP contribution in [0, 0.1) is 17.2 Å². The number of aliphatic hydroxyl groups excluding tert-OH is 1. The fraction of sp³-hybridized carbons (Fsp3) is 0.556. The fourth-order valence-corrected chi connectivity index (χ4v) is 1.19. The topological polar surface area (TPSA) is 61.8 Å². The van der Waals surface area contributed by atoms with E-state index in [4.69, 9.17) is 5.26 Å². The van der Waals surface area contributed by atoms with Gasteiger partial charge in [-0.2, -0.15) is 10.4 Å². The second kappa shape index (κ2) is 4.06. The van der Waals surface area contributed by atoms with Crippen LogP contribution in [-0.4, -0.2) is 14.9 Å². The number of hydrogen-bond donors (Lipinski definition) is 1. The molecule has 1 heterocycles. The lowest BCUT2D eigenvalue weighted by molar-refractivity contribution is 0.132. The molecule has 0 aromatic carbocycles. The van der Waals surface area contributed by atoms with Crippen molar-refractivity contribution in [1.82, 2.24) is 9.78 Å². The molecule has 0 saturated heterocycles. The van der Waals surface area contributed by atoms with Gasteiger partial charge >= 0.3 is 0 Å². The van der Waals surface area contributed by atoms with Gasteiger partial charge in [-0.25, -0.2) is 0 Å². The average Bonchev–Trinajstić information content (AvgIpc) is 2.62. The first-order valence-electron chi connectivity index (χ1n) is 4.30. The molecular weight excluding hydrogens is 166 g/mol. The van der Waals surface area contributed by atoms with Crippen LogP contribution in [-0.2, 0) is 6.54 Å². The van der Waals surface area contributed by atoms with Crippen molar-refractivity contribution >= 4 is 0 Å². The van der Waals surface area contributed by atoms with Crippen molar-refractivity contribution in [3.8, 4) is 6.07 Å². The molecule has 1 N–H and O–H groups in total. The second-order valence-corrected chi connectivity index (χ2v) is 2.93. The Kier molecular flexibility index (Phi) is 3.04. The molecule has 1 rings (SSSR count). The number of hydrogen-bond acceptors (Lipinski definition) is 3. The summed E-state index contributed by atoms with van der Waals surface area (Å²) in [6, 6.07) is 3.75. The van der Waals surface area contributed by atoms with Crippen LogP contribution in [0.1, 0.15) is 25.6 Å². The molecule has 4 heteroatoms. The van der Waals surface area contributed by atoms with Crippen LogP contribution in [0.2, 0.25) is 0 Å². The van der Waals surface area contributed by atoms with E-state index in [1.807, 2.05) is 13.0 Å². The Morgan fingerprint density at radius 2 is 2.46 bits per heavy atom. The quantitative estimate of drug-likeness (QED) is 0.755. The van der Waals surface area contributed by atoms with Crippen molar-refractivity contribution in [3.63, 3.8) is 0 Å². The molecule has 1 aromatic rings. The molecule has 13 heavy (non-hydrogen) atoms. The van der Waals surface area contributed by atoms with E-state index in [-0.39, 0.29) is 0 Å². The number of aryl methyl sites for hydroxylation is 1. The van der Waals surface area contributed by atoms with Crippen molar-refractivity contribution in [3.05, 3.63) is 18.0 Å². The SMILES string of the molecule is CCn1nccc1C(O)C(C)C#N. The monoisotopic (exact) mass is 179 g/mol. The van der Waals surface area contributed by atoms with E-state index in [1.165, 1.54) is 0 Å². The summed E-state index contributed by atoms with van der Waals surface area (Å²) in [5.74, 6) is -0.401. The Labute approximate surface area is 77.4 Å². The van der Waals surface area contributed by atoms with Gasteiger partial charge in [-0.15, -0.1) is 0 Å². The summed E-state index contributed by atoms with van der Waals surface area (Å²) in [4.78, 5) is 0. The molecule has 2 unspecified atom stereocenters. The summed E-state index contributed by atoms with van der Waals surface area (Å²) in [6.45, 7) is 4.34. The third kappa shape index (κ3) is 1.87. The molecule has 0 radical (unpaired) electrons. The van der Waals surface area contributed by atoms with Crippen LogP contribution in [0.25, 0.3) is 0 Å². The molecule has 1 aromatic heterocycles. The van der Waals surface area contributed by atoms with Gasteiger partial charge in [-0.1, -0.05) is 0 Å². The van der Waals surface area contributed by atoms with Crippen molar-refractivity contribution < 1.29 is 5.11 Å². The highest BCUT2D eigenvalue weighted by molar-refractivity contribution is 5.08. The van der Waals surface area contributed by atoms with Gasteiger partial charge in [-0.05, 0) is 19.9 Å². The first kappa shape index (κ1) is 9.75. The molecule has 0 bridgehead atoms. The number of aliphatic hydroxyl groups is 1. The summed E-state index contributed by atoms with van der Waals surface area (Å²) in [5, 5.41) is 22.4. The van der Waals surface area contributed by atoms with E-state index in [1.54, 1.807) is 23.9 Å². The van der Waals surface area contributed by atoms with Crippen LogP contribution in [0.4, 0.5) is 0 Å². The van der Waals surface area contributed by atoms with Crippen LogP contribution < -0.4 is 0 Å². The van der Waals surface area contributed by atoms with E-state index in [0.717, 1.165) is 0 Å². The molecule has 4 nitrogen and oxygen atoms in total. The second-order valence-electron chi connectivity index (χ2n) is 2.93. The number of nitriles is 1. The average molecular weight is 179 g/mol. The number of rotatable bonds is 3. The van der Waals surface area contributed by atoms with Crippen molar-refractivity contribution in [2.75, 3.05) is 0 Å². The first-order valence-corrected chi connectivity index (χ1v) is 4.30. The maximum atomic E-state index is 9.71. The summed E-state index contributed by atoms with van der Waals surface area (Å²) in [6.07, 6.45) is 0.888. The van der Waals surface area contributed by atoms with Gasteiger partial charge in [0.05, 0.1) is 17.7 Å². The van der Waals surface area contributed by atoms with Crippen LogP contribution >= 0.6 is 0 Å². The summed E-state index contributed by atoms with van der Waals surface area (Å²) in [5.41, 5.74) is 0.705. The lowest BCUT2D eigenvalue weighted by Gasteiger charge is -2.13. The maximum Gasteiger partial charge on any atom is 0.111 e. The van der Waals surface area contributed by atoms with Crippen molar-refractivity contribution in [1.29, 1.82) is 5.26 Å². The molecular formula is C9H13N3O. The van der Waals surface area contributed by atoms with Crippen molar-refractivity contribution in [2.45, 2.75) is 26.5 Å². The van der Waals surface area contributed by atoms with Gasteiger partial charge in [0.2, 0.25) is 0 Å². The molecule has 0 aliphatic rings. The van der Waals surface area contributed by atoms with E-state index < -0.39 is 12.0 Å². The van der Waals surface area contributed by atoms with Gasteiger partial charge in [0.25, 0.3) is 0 Å². The molecule has 0 amide bonds. The van der Waals surface area contributed by atoms with Gasteiger partial charge in [0, 0.05) is 12.7 Å². The lowest BCUT2D eigenvalue weighted by Crippen LogP contribution is -2.13. The Morgan fingerprint density at radius 3 is 3.00 bits per heavy atom. The van der Waals surface area contributed by atoms with Crippen LogP contribution in [0.5, 0.6) is 0 Å². The Hall–Kier alpha value is -1.34. The standard InChI is InChI=1S/C9H13N3O/c1-3-12-8(4-5-11-12)9(13)7(2)6-10/h4-5,7,9,13H,3H2,1-2H3. The smallest absolute Gasteiger partial charge is 0.111 e. The van der Waals surface area contributed by atoms with Crippen molar-refractivity contribution in [2.24, 2.45) is 5.92 Å². The molecule has 70 valence electrons. The fourth-order valence-electron chi connectivity index (χ4n) is 1.19. The third-order valence-corrected chi connectivity index (χ3v) is 2.03. The maximum absolute atomic E-state index is 9.71. The number of aromatic nitrogens is 2. The predicted molar refractivity (Wildman–Crippen MR) is 47.6 cm³/mol. The highest BCUT2D eigenvalue weighted by Crippen LogP contribution is 2.20. The highest BCUT2D eigenvalue weighted by atomic mass is 16.3. The van der Waals surface area contributed by atoms with E-state index in [9.17, 15) is 5.11 Å². The summed E-state index contributed by atoms with van der Waals surface area (Å²) in [7, 11) is 0. The highest BCUT2D eigenvalue weighted by Gasteiger charge is 2.18. The summed E-state index contributed by atoms with van der Waals surface area (Å²) >= 11 is 0. The van der Waals surface area contributed by atoms with Gasteiger partial charge in [0.15, 0.2) is 0 Å². The Bertz CT molecular complexity index is 313. The Balaban J connectivity index is 2.88. The molecule has 0 aliphatic carbocycles. The van der Waals surface area contributed by atoms with E-state index >= 15 is 0 Å². The minimum Gasteiger partial charge on any atom is -0.385 e. The lowest BCUT2D eigenvalue weighted by atomic mass is 10.0. The van der Waals surface area contributed by atoms with Crippen LogP contribution in [0.3, 0.4) is 0 Å². The summed E-state index contributed by atoms with van der Waals surface area (Å²) < 4.78 is 1.69. The largest absolute Gasteiger partial charge is 0.385 e. The molecule has 0 saturated carbocycles. The van der Waals surface area contributed by atoms with Gasteiger partial charge in [0.1, 0.15) is 6.10 Å². The zero-order chi connectivity index (χ0) is 9.84. The van der Waals surface area contributed by atoms with Gasteiger partial charge in [-0.3, -0.25) is 4.68 Å². The normalized spacial score (nSPS) is 14.9. The first-order chi connectivity index (χ1) is 6.20. The zero-order valence-electron chi connectivity index (χ0n) is 7.81. The van der Waals surface area contributed by atoms with Crippen LogP contribution in [0.15, 0.2) is 12.3 Å². The van der Waals surface area contributed by atoms with Gasteiger partial charge < -0.3 is 5.11 Å². The molecule has 0 aliphatic heterocycles. The molecule has 0 spiro atoms. The number of nitrogens with zero attached hydrogens (tertiary/aromatic N) is 3. The van der Waals surface area contributed by atoms with E-state index in [2.05, 4.69) is 5.10 Å². The minimum absolute atomic E-state index is 0.401. The molecule has 0 fully saturated rings. The predicted octanol–water partition coefficient (Wildman–Crippen LogP) is 1.10. The minimum atomic E-state index is -0.743. The van der Waals surface area contributed by atoms with E-state index in [0.29, 0.717) is 12.2 Å². The Morgan fingerprint density at radius 1 is 1.77 bits per heavy atom. The third-order valence-electron chi connectivity index (χ3n) is 2.03. The zero-order valence-corrected chi connectivity index (χ0v) is 7.81. The molecule has 2 atom stereocenters.